The first kappa shape index (κ1) is 14.8. The third-order valence-electron chi connectivity index (χ3n) is 3.22. The van der Waals surface area contributed by atoms with E-state index in [1.807, 2.05) is 31.3 Å². The Morgan fingerprint density at radius 3 is 2.50 bits per heavy atom. The molecule has 1 unspecified atom stereocenters. The predicted octanol–water partition coefficient (Wildman–Crippen LogP) is 4.34. The Morgan fingerprint density at radius 2 is 1.90 bits per heavy atom. The van der Waals surface area contributed by atoms with Gasteiger partial charge in [-0.3, -0.25) is 0 Å². The summed E-state index contributed by atoms with van der Waals surface area (Å²) in [4.78, 5) is 0. The van der Waals surface area contributed by atoms with E-state index in [2.05, 4.69) is 12.2 Å². The first-order valence-electron chi connectivity index (χ1n) is 6.44. The summed E-state index contributed by atoms with van der Waals surface area (Å²) in [5.41, 5.74) is 1.96. The fourth-order valence-electron chi connectivity index (χ4n) is 1.82. The monoisotopic (exact) mass is 293 g/mol. The van der Waals surface area contributed by atoms with Gasteiger partial charge in [0.1, 0.15) is 18.2 Å². The fourth-order valence-corrected chi connectivity index (χ4v) is 2.04. The number of halogens is 2. The molecule has 0 spiro atoms. The third kappa shape index (κ3) is 3.71. The maximum absolute atomic E-state index is 12.9. The molecule has 1 N–H and O–H groups in total. The maximum Gasteiger partial charge on any atom is 0.124 e. The number of hydrogen-bond donors (Lipinski definition) is 1. The molecule has 0 amide bonds. The van der Waals surface area contributed by atoms with Gasteiger partial charge in [0.25, 0.3) is 0 Å². The minimum atomic E-state index is -0.343. The van der Waals surface area contributed by atoms with Gasteiger partial charge in [0, 0.05) is 11.6 Å². The van der Waals surface area contributed by atoms with Crippen LogP contribution in [0.2, 0.25) is 5.02 Å². The molecule has 0 aliphatic heterocycles. The lowest BCUT2D eigenvalue weighted by Gasteiger charge is -2.12. The molecule has 2 nitrogen and oxygen atoms in total. The Morgan fingerprint density at radius 1 is 1.20 bits per heavy atom. The fraction of sp³-hybridized carbons (Fsp3) is 0.250. The third-order valence-corrected chi connectivity index (χ3v) is 3.57. The van der Waals surface area contributed by atoms with Crippen molar-refractivity contribution in [3.8, 4) is 5.75 Å². The summed E-state index contributed by atoms with van der Waals surface area (Å²) < 4.78 is 18.6. The van der Waals surface area contributed by atoms with Crippen molar-refractivity contribution >= 4 is 11.6 Å². The Bertz CT molecular complexity index is 571. The van der Waals surface area contributed by atoms with Crippen LogP contribution in [0.3, 0.4) is 0 Å². The van der Waals surface area contributed by atoms with Crippen LogP contribution in [0.1, 0.15) is 24.1 Å². The second kappa shape index (κ2) is 6.73. The van der Waals surface area contributed by atoms with Crippen molar-refractivity contribution in [2.24, 2.45) is 0 Å². The molecule has 2 rings (SSSR count). The topological polar surface area (TPSA) is 21.3 Å². The average molecular weight is 294 g/mol. The largest absolute Gasteiger partial charge is 0.489 e. The van der Waals surface area contributed by atoms with Gasteiger partial charge < -0.3 is 10.1 Å². The number of ether oxygens (including phenoxy) is 1. The van der Waals surface area contributed by atoms with E-state index in [9.17, 15) is 4.39 Å². The highest BCUT2D eigenvalue weighted by molar-refractivity contribution is 6.31. The van der Waals surface area contributed by atoms with Crippen molar-refractivity contribution < 1.29 is 9.13 Å². The minimum absolute atomic E-state index is 0.301. The van der Waals surface area contributed by atoms with E-state index in [1.165, 1.54) is 17.7 Å². The summed E-state index contributed by atoms with van der Waals surface area (Å²) in [6.45, 7) is 2.41. The zero-order valence-corrected chi connectivity index (χ0v) is 12.2. The highest BCUT2D eigenvalue weighted by Gasteiger charge is 2.05. The molecule has 0 saturated carbocycles. The minimum Gasteiger partial charge on any atom is -0.489 e. The highest BCUT2D eigenvalue weighted by Crippen LogP contribution is 2.21. The van der Waals surface area contributed by atoms with Gasteiger partial charge in [-0.1, -0.05) is 29.8 Å². The SMILES string of the molecule is CNC(C)c1ccc(OCc2ccc(F)cc2Cl)cc1. The van der Waals surface area contributed by atoms with Crippen LogP contribution in [-0.4, -0.2) is 7.05 Å². The van der Waals surface area contributed by atoms with Gasteiger partial charge >= 0.3 is 0 Å². The first-order chi connectivity index (χ1) is 9.60. The van der Waals surface area contributed by atoms with Crippen molar-refractivity contribution in [1.82, 2.24) is 5.32 Å². The average Bonchev–Trinajstić information content (AvgIpc) is 2.46. The van der Waals surface area contributed by atoms with E-state index >= 15 is 0 Å². The number of nitrogens with one attached hydrogen (secondary N) is 1. The molecule has 0 aromatic heterocycles. The summed E-state index contributed by atoms with van der Waals surface area (Å²) in [7, 11) is 1.92. The second-order valence-corrected chi connectivity index (χ2v) is 5.01. The van der Waals surface area contributed by atoms with E-state index < -0.39 is 0 Å². The molecular weight excluding hydrogens is 277 g/mol. The van der Waals surface area contributed by atoms with Gasteiger partial charge in [0.2, 0.25) is 0 Å². The lowest BCUT2D eigenvalue weighted by Crippen LogP contribution is -2.11. The van der Waals surface area contributed by atoms with Gasteiger partial charge in [-0.05, 0) is 43.8 Å². The molecule has 0 bridgehead atoms. The van der Waals surface area contributed by atoms with E-state index in [-0.39, 0.29) is 5.82 Å². The molecule has 0 saturated heterocycles. The molecular formula is C16H17ClFNO. The van der Waals surface area contributed by atoms with Crippen LogP contribution in [0, 0.1) is 5.82 Å². The van der Waals surface area contributed by atoms with E-state index in [1.54, 1.807) is 6.07 Å². The summed E-state index contributed by atoms with van der Waals surface area (Å²) in [6, 6.07) is 12.5. The lowest BCUT2D eigenvalue weighted by molar-refractivity contribution is 0.306. The molecule has 0 fully saturated rings. The smallest absolute Gasteiger partial charge is 0.124 e. The van der Waals surface area contributed by atoms with Gasteiger partial charge in [0.05, 0.1) is 5.02 Å². The summed E-state index contributed by atoms with van der Waals surface area (Å²) >= 11 is 5.95. The van der Waals surface area contributed by atoms with E-state index in [0.29, 0.717) is 17.7 Å². The van der Waals surface area contributed by atoms with Gasteiger partial charge in [-0.15, -0.1) is 0 Å². The molecule has 20 heavy (non-hydrogen) atoms. The van der Waals surface area contributed by atoms with Crippen LogP contribution in [0.5, 0.6) is 5.75 Å². The predicted molar refractivity (Wildman–Crippen MR) is 79.7 cm³/mol. The molecule has 0 aliphatic rings. The van der Waals surface area contributed by atoms with Gasteiger partial charge in [0.15, 0.2) is 0 Å². The van der Waals surface area contributed by atoms with Gasteiger partial charge in [-0.25, -0.2) is 4.39 Å². The van der Waals surface area contributed by atoms with E-state index in [4.69, 9.17) is 16.3 Å². The summed E-state index contributed by atoms with van der Waals surface area (Å²) in [6.07, 6.45) is 0. The van der Waals surface area contributed by atoms with Crippen LogP contribution in [0.25, 0.3) is 0 Å². The quantitative estimate of drug-likeness (QED) is 0.885. The normalized spacial score (nSPS) is 12.2. The zero-order chi connectivity index (χ0) is 14.5. The zero-order valence-electron chi connectivity index (χ0n) is 11.5. The van der Waals surface area contributed by atoms with Crippen molar-refractivity contribution in [2.75, 3.05) is 7.05 Å². The number of rotatable bonds is 5. The molecule has 0 aliphatic carbocycles. The summed E-state index contributed by atoms with van der Waals surface area (Å²) in [5, 5.41) is 3.56. The van der Waals surface area contributed by atoms with Crippen LogP contribution >= 0.6 is 11.6 Å². The van der Waals surface area contributed by atoms with E-state index in [0.717, 1.165) is 11.3 Å². The maximum atomic E-state index is 12.9. The molecule has 0 heterocycles. The van der Waals surface area contributed by atoms with Crippen LogP contribution in [0.4, 0.5) is 4.39 Å². The van der Waals surface area contributed by atoms with Crippen molar-refractivity contribution in [3.63, 3.8) is 0 Å². The lowest BCUT2D eigenvalue weighted by atomic mass is 10.1. The first-order valence-corrected chi connectivity index (χ1v) is 6.82. The Kier molecular flexibility index (Phi) is 4.99. The Labute approximate surface area is 123 Å². The molecule has 4 heteroatoms. The highest BCUT2D eigenvalue weighted by atomic mass is 35.5. The summed E-state index contributed by atoms with van der Waals surface area (Å²) in [5.74, 6) is 0.418. The second-order valence-electron chi connectivity index (χ2n) is 4.60. The molecule has 2 aromatic rings. The molecule has 2 aromatic carbocycles. The van der Waals surface area contributed by atoms with Crippen molar-refractivity contribution in [2.45, 2.75) is 19.6 Å². The molecule has 0 radical (unpaired) electrons. The van der Waals surface area contributed by atoms with Crippen LogP contribution in [0.15, 0.2) is 42.5 Å². The molecule has 106 valence electrons. The van der Waals surface area contributed by atoms with Crippen molar-refractivity contribution in [3.05, 3.63) is 64.4 Å². The Balaban J connectivity index is 2.00. The number of benzene rings is 2. The van der Waals surface area contributed by atoms with Crippen LogP contribution in [-0.2, 0) is 6.61 Å². The van der Waals surface area contributed by atoms with Crippen LogP contribution < -0.4 is 10.1 Å². The standard InChI is InChI=1S/C16H17ClFNO/c1-11(19-2)12-4-7-15(8-5-12)20-10-13-3-6-14(18)9-16(13)17/h3-9,11,19H,10H2,1-2H3. The van der Waals surface area contributed by atoms with Crippen molar-refractivity contribution in [1.29, 1.82) is 0 Å². The number of hydrogen-bond acceptors (Lipinski definition) is 2. The molecule has 1 atom stereocenters. The Hall–Kier alpha value is -1.58. The van der Waals surface area contributed by atoms with Gasteiger partial charge in [-0.2, -0.15) is 0 Å².